The van der Waals surface area contributed by atoms with Gasteiger partial charge >= 0.3 is 0 Å². The van der Waals surface area contributed by atoms with Crippen molar-refractivity contribution in [3.8, 4) is 0 Å². The summed E-state index contributed by atoms with van der Waals surface area (Å²) in [5.74, 6) is 1.42. The van der Waals surface area contributed by atoms with Crippen molar-refractivity contribution in [3.63, 3.8) is 0 Å². The lowest BCUT2D eigenvalue weighted by Crippen LogP contribution is -2.54. The molecule has 8 aliphatic rings. The molecular formula is C38H50N2O2S2. The third-order valence-corrected chi connectivity index (χ3v) is 17.1. The fraction of sp³-hybridized carbons (Fsp3) is 0.684. The summed E-state index contributed by atoms with van der Waals surface area (Å²) in [6.45, 7) is 7.17. The summed E-state index contributed by atoms with van der Waals surface area (Å²) in [4.78, 5) is 15.8. The monoisotopic (exact) mass is 630 g/mol. The van der Waals surface area contributed by atoms with Crippen molar-refractivity contribution in [1.82, 2.24) is 10.1 Å². The van der Waals surface area contributed by atoms with Crippen LogP contribution < -0.4 is 0 Å². The van der Waals surface area contributed by atoms with E-state index in [9.17, 15) is 0 Å². The maximum Gasteiger partial charge on any atom is 0.0865 e. The normalized spacial score (nSPS) is 46.7. The molecule has 0 N–H and O–H groups in total. The molecular weight excluding hydrogens is 581 g/mol. The second-order valence-electron chi connectivity index (χ2n) is 15.7. The molecule has 4 aliphatic heterocycles. The molecule has 8 fully saturated rings. The lowest BCUT2D eigenvalue weighted by atomic mass is 9.63. The van der Waals surface area contributed by atoms with E-state index in [4.69, 9.17) is 9.68 Å². The van der Waals surface area contributed by atoms with E-state index in [1.54, 1.807) is 0 Å². The van der Waals surface area contributed by atoms with Gasteiger partial charge in [0.25, 0.3) is 0 Å². The molecule has 0 amide bonds. The Morgan fingerprint density at radius 3 is 1.41 bits per heavy atom. The van der Waals surface area contributed by atoms with E-state index in [0.29, 0.717) is 56.5 Å². The van der Waals surface area contributed by atoms with E-state index < -0.39 is 0 Å². The topological polar surface area (TPSA) is 24.9 Å². The Morgan fingerprint density at radius 2 is 0.977 bits per heavy atom. The fourth-order valence-electron chi connectivity index (χ4n) is 12.1. The average Bonchev–Trinajstić information content (AvgIpc) is 3.84. The van der Waals surface area contributed by atoms with Gasteiger partial charge in [0.05, 0.1) is 24.3 Å². The number of benzene rings is 2. The molecule has 0 unspecified atom stereocenters. The van der Waals surface area contributed by atoms with Crippen LogP contribution in [0.25, 0.3) is 0 Å². The van der Waals surface area contributed by atoms with Crippen molar-refractivity contribution in [3.05, 3.63) is 60.7 Å². The van der Waals surface area contributed by atoms with Gasteiger partial charge < -0.3 is 0 Å². The van der Waals surface area contributed by atoms with Gasteiger partial charge in [-0.1, -0.05) is 75.9 Å². The van der Waals surface area contributed by atoms with Crippen LogP contribution in [0.1, 0.15) is 90.9 Å². The summed E-state index contributed by atoms with van der Waals surface area (Å²) in [5, 5.41) is 4.84. The van der Waals surface area contributed by atoms with Gasteiger partial charge in [0.15, 0.2) is 0 Å². The largest absolute Gasteiger partial charge is 0.295 e. The maximum absolute atomic E-state index is 6.47. The van der Waals surface area contributed by atoms with E-state index >= 15 is 0 Å². The second-order valence-corrected chi connectivity index (χ2v) is 18.6. The highest BCUT2D eigenvalue weighted by atomic mass is 32.2. The number of hydrogen-bond donors (Lipinski definition) is 0. The maximum atomic E-state index is 6.47. The van der Waals surface area contributed by atoms with Gasteiger partial charge in [0.1, 0.15) is 0 Å². The van der Waals surface area contributed by atoms with Crippen LogP contribution in [0.3, 0.4) is 0 Å². The number of thioether (sulfide) groups is 2. The molecule has 2 aromatic carbocycles. The number of hydroxylamine groups is 4. The molecule has 6 heteroatoms. The van der Waals surface area contributed by atoms with E-state index in [-0.39, 0.29) is 0 Å². The van der Waals surface area contributed by atoms with Gasteiger partial charge in [-0.05, 0) is 87.5 Å². The van der Waals surface area contributed by atoms with Crippen molar-refractivity contribution in [2.75, 3.05) is 13.1 Å². The Bertz CT molecular complexity index is 1260. The predicted molar refractivity (Wildman–Crippen MR) is 179 cm³/mol. The highest BCUT2D eigenvalue weighted by Crippen LogP contribution is 2.69. The lowest BCUT2D eigenvalue weighted by molar-refractivity contribution is -0.151. The second kappa shape index (κ2) is 10.8. The molecule has 4 saturated heterocycles. The van der Waals surface area contributed by atoms with Crippen molar-refractivity contribution >= 4 is 23.5 Å². The molecule has 4 nitrogen and oxygen atoms in total. The summed E-state index contributed by atoms with van der Waals surface area (Å²) < 4.78 is 0.720. The lowest BCUT2D eigenvalue weighted by Gasteiger charge is -2.49. The molecule has 2 spiro atoms. The summed E-state index contributed by atoms with van der Waals surface area (Å²) in [6, 6.07) is 23.4. The minimum atomic E-state index is 0.360. The third kappa shape index (κ3) is 4.06. The first-order valence-corrected chi connectivity index (χ1v) is 19.5. The summed E-state index contributed by atoms with van der Waals surface area (Å²) in [7, 11) is 0. The Kier molecular flexibility index (Phi) is 7.12. The first-order chi connectivity index (χ1) is 21.5. The molecule has 0 bridgehead atoms. The zero-order valence-electron chi connectivity index (χ0n) is 26.7. The zero-order chi connectivity index (χ0) is 29.6. The van der Waals surface area contributed by atoms with Crippen molar-refractivity contribution in [2.24, 2.45) is 22.7 Å². The first-order valence-electron chi connectivity index (χ1n) is 17.8. The van der Waals surface area contributed by atoms with Gasteiger partial charge in [0.2, 0.25) is 0 Å². The number of nitrogens with zero attached hydrogens (tertiary/aromatic N) is 2. The Morgan fingerprint density at radius 1 is 0.568 bits per heavy atom. The Hall–Kier alpha value is -1.02. The standard InChI is InChI=1S/2C19H25NOS/c2*1-14-13-20-17-18(10-5-9-16(18)21-20)11-6-12-19(14,17)22-15-7-3-2-4-8-15/h2*2-4,7-8,14,16-17H,5-6,9-13H2,1H3/t2*14-,16+,17-,18+,19+/m11/s1. The minimum Gasteiger partial charge on any atom is -0.295 e. The van der Waals surface area contributed by atoms with Crippen LogP contribution in [-0.4, -0.2) is 57.0 Å². The van der Waals surface area contributed by atoms with Crippen LogP contribution in [0, 0.1) is 22.7 Å². The van der Waals surface area contributed by atoms with Gasteiger partial charge in [0, 0.05) is 43.2 Å². The molecule has 44 heavy (non-hydrogen) atoms. The molecule has 0 radical (unpaired) electrons. The smallest absolute Gasteiger partial charge is 0.0865 e. The number of hydrogen-bond acceptors (Lipinski definition) is 6. The van der Waals surface area contributed by atoms with E-state index in [2.05, 4.69) is 108 Å². The molecule has 0 aromatic heterocycles. The average molecular weight is 631 g/mol. The summed E-state index contributed by atoms with van der Waals surface area (Å²) >= 11 is 4.32. The highest BCUT2D eigenvalue weighted by molar-refractivity contribution is 8.01. The Balaban J connectivity index is 0.000000123. The molecule has 4 heterocycles. The van der Waals surface area contributed by atoms with Gasteiger partial charge in [-0.2, -0.15) is 10.1 Å². The van der Waals surface area contributed by atoms with Crippen LogP contribution in [0.4, 0.5) is 0 Å². The van der Waals surface area contributed by atoms with Crippen molar-refractivity contribution in [1.29, 1.82) is 0 Å². The van der Waals surface area contributed by atoms with Crippen LogP contribution in [0.5, 0.6) is 0 Å². The SMILES string of the molecule is C[C@@H]1CN2O[C@H]3CCC[C@]34CCC[C@@]1(Sc1ccccc1)[C@H]24.C[C@@H]1CN2O[C@H]3CCC[C@]34CCC[C@@]1(Sc1ccccc1)[C@H]24. The number of rotatable bonds is 4. The Labute approximate surface area is 273 Å². The van der Waals surface area contributed by atoms with Crippen molar-refractivity contribution in [2.45, 2.75) is 134 Å². The first kappa shape index (κ1) is 29.1. The van der Waals surface area contributed by atoms with E-state index in [1.807, 2.05) is 0 Å². The zero-order valence-corrected chi connectivity index (χ0v) is 28.3. The van der Waals surface area contributed by atoms with Crippen molar-refractivity contribution < 1.29 is 9.68 Å². The van der Waals surface area contributed by atoms with Crippen LogP contribution in [0.15, 0.2) is 70.5 Å². The van der Waals surface area contributed by atoms with E-state index in [1.165, 1.54) is 86.8 Å². The molecule has 2 aromatic rings. The molecule has 4 aliphatic carbocycles. The minimum absolute atomic E-state index is 0.360. The van der Waals surface area contributed by atoms with Gasteiger partial charge in [-0.25, -0.2) is 0 Å². The molecule has 236 valence electrons. The van der Waals surface area contributed by atoms with Crippen LogP contribution in [-0.2, 0) is 9.68 Å². The molecule has 10 atom stereocenters. The van der Waals surface area contributed by atoms with E-state index in [0.717, 1.165) is 13.1 Å². The quantitative estimate of drug-likeness (QED) is 0.334. The van der Waals surface area contributed by atoms with Gasteiger partial charge in [-0.15, -0.1) is 23.5 Å². The fourth-order valence-corrected chi connectivity index (χ4v) is 15.5. The third-order valence-electron chi connectivity index (χ3n) is 13.7. The molecule has 10 rings (SSSR count). The summed E-state index contributed by atoms with van der Waals surface area (Å²) in [6.07, 6.45) is 17.4. The molecule has 4 saturated carbocycles. The van der Waals surface area contributed by atoms with Gasteiger partial charge in [-0.3, -0.25) is 9.68 Å². The highest BCUT2D eigenvalue weighted by Gasteiger charge is 2.71. The van der Waals surface area contributed by atoms with Crippen LogP contribution >= 0.6 is 23.5 Å². The predicted octanol–water partition coefficient (Wildman–Crippen LogP) is 9.01. The summed E-state index contributed by atoms with van der Waals surface area (Å²) in [5.41, 5.74) is 0.926. The van der Waals surface area contributed by atoms with Crippen LogP contribution in [0.2, 0.25) is 0 Å².